The van der Waals surface area contributed by atoms with E-state index in [2.05, 4.69) is 15.3 Å². The molecule has 0 amide bonds. The first-order valence-electron chi connectivity index (χ1n) is 10.8. The number of para-hydroxylation sites is 1. The summed E-state index contributed by atoms with van der Waals surface area (Å²) < 4.78 is 5.71. The lowest BCUT2D eigenvalue weighted by Crippen LogP contribution is -2.24. The van der Waals surface area contributed by atoms with Crippen LogP contribution in [-0.2, 0) is 13.1 Å². The molecule has 0 fully saturated rings. The molecule has 0 N–H and O–H groups in total. The molecule has 3 heterocycles. The second-order valence-corrected chi connectivity index (χ2v) is 8.75. The summed E-state index contributed by atoms with van der Waals surface area (Å²) in [5.74, 6) is 1.53. The molecule has 0 bridgehead atoms. The van der Waals surface area contributed by atoms with Crippen LogP contribution in [0, 0.1) is 0 Å². The van der Waals surface area contributed by atoms with Crippen LogP contribution in [0.2, 0.25) is 0 Å². The van der Waals surface area contributed by atoms with Gasteiger partial charge in [0.05, 0.1) is 17.4 Å². The molecule has 5 aromatic rings. The van der Waals surface area contributed by atoms with E-state index < -0.39 is 0 Å². The van der Waals surface area contributed by atoms with Gasteiger partial charge in [-0.1, -0.05) is 60.6 Å². The van der Waals surface area contributed by atoms with Gasteiger partial charge >= 0.3 is 0 Å². The van der Waals surface area contributed by atoms with Crippen LogP contribution in [0.1, 0.15) is 24.8 Å². The maximum absolute atomic E-state index is 13.3. The van der Waals surface area contributed by atoms with E-state index in [1.807, 2.05) is 82.1 Å². The number of unbranched alkanes of at least 4 members (excludes halogenated alkanes) is 2. The molecule has 3 aromatic heterocycles. The Bertz CT molecular complexity index is 1370. The molecule has 8 heteroatoms. The number of aryl methyl sites for hydroxylation is 1. The minimum atomic E-state index is -0.0421. The highest BCUT2D eigenvalue weighted by atomic mass is 32.2. The lowest BCUT2D eigenvalue weighted by Gasteiger charge is -2.11. The Kier molecular flexibility index (Phi) is 6.02. The molecule has 5 rings (SSSR count). The highest BCUT2D eigenvalue weighted by Crippen LogP contribution is 2.23. The van der Waals surface area contributed by atoms with E-state index in [0.717, 1.165) is 47.8 Å². The highest BCUT2D eigenvalue weighted by molar-refractivity contribution is 7.99. The number of fused-ring (bicyclic) bond motifs is 3. The summed E-state index contributed by atoms with van der Waals surface area (Å²) in [5.41, 5.74) is 1.86. The maximum atomic E-state index is 13.3. The third-order valence-electron chi connectivity index (χ3n) is 5.48. The normalized spacial score (nSPS) is 11.5. The van der Waals surface area contributed by atoms with Crippen LogP contribution in [0.5, 0.6) is 0 Å². The number of benzene rings is 2. The molecular formula is C24H24N6OS. The van der Waals surface area contributed by atoms with E-state index in [0.29, 0.717) is 17.7 Å². The van der Waals surface area contributed by atoms with Crippen molar-refractivity contribution in [3.8, 4) is 0 Å². The van der Waals surface area contributed by atoms with E-state index in [1.54, 1.807) is 16.3 Å². The van der Waals surface area contributed by atoms with Crippen molar-refractivity contribution in [2.75, 3.05) is 5.75 Å². The van der Waals surface area contributed by atoms with Crippen molar-refractivity contribution in [1.82, 2.24) is 28.9 Å². The van der Waals surface area contributed by atoms with Gasteiger partial charge in [-0.25, -0.2) is 0 Å². The predicted octanol–water partition coefficient (Wildman–Crippen LogP) is 4.25. The second kappa shape index (κ2) is 9.40. The van der Waals surface area contributed by atoms with Crippen LogP contribution in [0.15, 0.2) is 83.0 Å². The Hall–Kier alpha value is -3.39. The zero-order chi connectivity index (χ0) is 21.8. The van der Waals surface area contributed by atoms with Crippen LogP contribution in [0.4, 0.5) is 0 Å². The molecular weight excluding hydrogens is 420 g/mol. The SMILES string of the molecule is O=c1c2ccccc2n2c(SCCCCCn3cccn3)nnc2n1Cc1ccccc1. The van der Waals surface area contributed by atoms with Crippen molar-refractivity contribution < 1.29 is 0 Å². The van der Waals surface area contributed by atoms with Gasteiger partial charge in [-0.05, 0) is 36.6 Å². The molecule has 2 aromatic carbocycles. The van der Waals surface area contributed by atoms with Crippen molar-refractivity contribution >= 4 is 28.4 Å². The summed E-state index contributed by atoms with van der Waals surface area (Å²) in [7, 11) is 0. The van der Waals surface area contributed by atoms with Crippen molar-refractivity contribution in [2.24, 2.45) is 0 Å². The second-order valence-electron chi connectivity index (χ2n) is 7.69. The molecule has 0 aliphatic carbocycles. The van der Waals surface area contributed by atoms with Crippen molar-refractivity contribution in [3.63, 3.8) is 0 Å². The Labute approximate surface area is 189 Å². The molecule has 0 radical (unpaired) electrons. The Morgan fingerprint density at radius 1 is 0.875 bits per heavy atom. The number of hydrogen-bond donors (Lipinski definition) is 0. The number of hydrogen-bond acceptors (Lipinski definition) is 5. The van der Waals surface area contributed by atoms with E-state index in [1.165, 1.54) is 0 Å². The topological polar surface area (TPSA) is 70.0 Å². The van der Waals surface area contributed by atoms with Gasteiger partial charge in [0.15, 0.2) is 5.16 Å². The number of rotatable bonds is 9. The first-order valence-corrected chi connectivity index (χ1v) is 11.8. The Morgan fingerprint density at radius 2 is 1.72 bits per heavy atom. The molecule has 7 nitrogen and oxygen atoms in total. The molecule has 0 unspecified atom stereocenters. The van der Waals surface area contributed by atoms with Crippen molar-refractivity contribution in [3.05, 3.63) is 89.0 Å². The monoisotopic (exact) mass is 444 g/mol. The summed E-state index contributed by atoms with van der Waals surface area (Å²) in [5, 5.41) is 14.6. The smallest absolute Gasteiger partial charge is 0.263 e. The van der Waals surface area contributed by atoms with E-state index >= 15 is 0 Å². The molecule has 0 aliphatic rings. The van der Waals surface area contributed by atoms with E-state index in [9.17, 15) is 4.79 Å². The van der Waals surface area contributed by atoms with Gasteiger partial charge in [-0.3, -0.25) is 18.4 Å². The van der Waals surface area contributed by atoms with Gasteiger partial charge in [0.2, 0.25) is 5.78 Å². The average molecular weight is 445 g/mol. The standard InChI is InChI=1S/C24H24N6OS/c31-22-20-12-5-6-13-21(20)30-23(29(22)18-19-10-3-1-4-11-19)26-27-24(30)32-17-8-2-7-15-28-16-9-14-25-28/h1,3-6,9-14,16H,2,7-8,15,17-18H2. The molecule has 0 atom stereocenters. The van der Waals surface area contributed by atoms with Crippen molar-refractivity contribution in [2.45, 2.75) is 37.5 Å². The summed E-state index contributed by atoms with van der Waals surface area (Å²) in [4.78, 5) is 13.3. The highest BCUT2D eigenvalue weighted by Gasteiger charge is 2.16. The average Bonchev–Trinajstić information content (AvgIpc) is 3.50. The lowest BCUT2D eigenvalue weighted by molar-refractivity contribution is 0.554. The lowest BCUT2D eigenvalue weighted by atomic mass is 10.2. The molecule has 0 saturated heterocycles. The van der Waals surface area contributed by atoms with Gasteiger partial charge in [-0.2, -0.15) is 5.10 Å². The maximum Gasteiger partial charge on any atom is 0.263 e. The molecule has 32 heavy (non-hydrogen) atoms. The number of aromatic nitrogens is 6. The third kappa shape index (κ3) is 4.18. The minimum absolute atomic E-state index is 0.0421. The quantitative estimate of drug-likeness (QED) is 0.251. The van der Waals surface area contributed by atoms with Gasteiger partial charge in [0.25, 0.3) is 5.56 Å². The molecule has 0 saturated carbocycles. The zero-order valence-electron chi connectivity index (χ0n) is 17.7. The summed E-state index contributed by atoms with van der Waals surface area (Å²) in [6.07, 6.45) is 7.12. The van der Waals surface area contributed by atoms with E-state index in [4.69, 9.17) is 0 Å². The Balaban J connectivity index is 1.38. The predicted molar refractivity (Wildman–Crippen MR) is 127 cm³/mol. The van der Waals surface area contributed by atoms with Crippen LogP contribution >= 0.6 is 11.8 Å². The number of nitrogens with zero attached hydrogens (tertiary/aromatic N) is 6. The molecule has 0 spiro atoms. The van der Waals surface area contributed by atoms with E-state index in [-0.39, 0.29) is 5.56 Å². The fourth-order valence-corrected chi connectivity index (χ4v) is 4.82. The zero-order valence-corrected chi connectivity index (χ0v) is 18.5. The van der Waals surface area contributed by atoms with Gasteiger partial charge < -0.3 is 0 Å². The summed E-state index contributed by atoms with van der Waals surface area (Å²) >= 11 is 1.69. The van der Waals surface area contributed by atoms with Crippen LogP contribution < -0.4 is 5.56 Å². The molecule has 0 aliphatic heterocycles. The van der Waals surface area contributed by atoms with Crippen LogP contribution in [-0.4, -0.2) is 34.7 Å². The van der Waals surface area contributed by atoms with Crippen molar-refractivity contribution in [1.29, 1.82) is 0 Å². The van der Waals surface area contributed by atoms with Crippen LogP contribution in [0.25, 0.3) is 16.7 Å². The largest absolute Gasteiger partial charge is 0.273 e. The first-order chi connectivity index (χ1) is 15.8. The van der Waals surface area contributed by atoms with Crippen LogP contribution in [0.3, 0.4) is 0 Å². The van der Waals surface area contributed by atoms with Gasteiger partial charge in [-0.15, -0.1) is 10.2 Å². The third-order valence-corrected chi connectivity index (χ3v) is 6.50. The first kappa shape index (κ1) is 20.5. The number of thioether (sulfide) groups is 1. The minimum Gasteiger partial charge on any atom is -0.273 e. The molecule has 162 valence electrons. The van der Waals surface area contributed by atoms with Gasteiger partial charge in [0.1, 0.15) is 0 Å². The van der Waals surface area contributed by atoms with Gasteiger partial charge in [0, 0.05) is 24.7 Å². The Morgan fingerprint density at radius 3 is 2.56 bits per heavy atom. The fourth-order valence-electron chi connectivity index (χ4n) is 3.88. The summed E-state index contributed by atoms with van der Waals surface area (Å²) in [6, 6.07) is 19.6. The fraction of sp³-hybridized carbons (Fsp3) is 0.250. The summed E-state index contributed by atoms with van der Waals surface area (Å²) in [6.45, 7) is 1.41.